The van der Waals surface area contributed by atoms with Crippen molar-refractivity contribution in [3.05, 3.63) is 23.8 Å². The van der Waals surface area contributed by atoms with E-state index in [0.29, 0.717) is 10.9 Å². The average molecular weight is 237 g/mol. The number of carboxylic acid groups (broad SMARTS) is 1. The fourth-order valence-electron chi connectivity index (χ4n) is 2.01. The maximum Gasteiger partial charge on any atom is 0.337 e. The second-order valence-corrected chi connectivity index (χ2v) is 5.45. The molecule has 1 fully saturated rings. The highest BCUT2D eigenvalue weighted by Gasteiger charge is 2.17. The van der Waals surface area contributed by atoms with E-state index in [9.17, 15) is 4.79 Å². The number of hydrogen-bond donors (Lipinski definition) is 2. The first-order chi connectivity index (χ1) is 7.66. The largest absolute Gasteiger partial charge is 0.478 e. The fraction of sp³-hybridized carbons (Fsp3) is 0.417. The number of aromatic carboxylic acids is 1. The van der Waals surface area contributed by atoms with Gasteiger partial charge >= 0.3 is 5.97 Å². The van der Waals surface area contributed by atoms with E-state index in [4.69, 9.17) is 10.8 Å². The smallest absolute Gasteiger partial charge is 0.337 e. The normalized spacial score (nSPS) is 16.5. The van der Waals surface area contributed by atoms with Crippen LogP contribution in [0.15, 0.2) is 23.1 Å². The Kier molecular flexibility index (Phi) is 3.39. The van der Waals surface area contributed by atoms with Crippen LogP contribution in [0.5, 0.6) is 0 Å². The molecule has 0 unspecified atom stereocenters. The van der Waals surface area contributed by atoms with Crippen LogP contribution in [0.4, 0.5) is 5.69 Å². The minimum atomic E-state index is -0.963. The second kappa shape index (κ2) is 4.78. The first kappa shape index (κ1) is 11.3. The van der Waals surface area contributed by atoms with Crippen LogP contribution in [0.1, 0.15) is 36.0 Å². The monoisotopic (exact) mass is 237 g/mol. The molecule has 1 aromatic rings. The molecule has 4 heteroatoms. The van der Waals surface area contributed by atoms with Crippen LogP contribution in [0.2, 0.25) is 0 Å². The Bertz CT molecular complexity index is 400. The summed E-state index contributed by atoms with van der Waals surface area (Å²) in [6.07, 6.45) is 5.12. The van der Waals surface area contributed by atoms with Gasteiger partial charge in [-0.25, -0.2) is 4.79 Å². The van der Waals surface area contributed by atoms with E-state index >= 15 is 0 Å². The summed E-state index contributed by atoms with van der Waals surface area (Å²) in [7, 11) is 0. The van der Waals surface area contributed by atoms with Crippen LogP contribution < -0.4 is 5.73 Å². The van der Waals surface area contributed by atoms with Gasteiger partial charge in [0, 0.05) is 15.8 Å². The third-order valence-corrected chi connectivity index (χ3v) is 4.19. The predicted molar refractivity (Wildman–Crippen MR) is 65.9 cm³/mol. The van der Waals surface area contributed by atoms with E-state index in [1.807, 2.05) is 17.8 Å². The first-order valence-corrected chi connectivity index (χ1v) is 6.34. The van der Waals surface area contributed by atoms with Gasteiger partial charge in [0.2, 0.25) is 0 Å². The standard InChI is InChI=1S/C12H15NO2S/c13-11-7-9(5-6-10(11)12(14)15)16-8-3-1-2-4-8/h5-8H,1-4,13H2,(H,14,15). The summed E-state index contributed by atoms with van der Waals surface area (Å²) in [6, 6.07) is 5.21. The van der Waals surface area contributed by atoms with Crippen molar-refractivity contribution in [2.24, 2.45) is 0 Å². The number of thioether (sulfide) groups is 1. The van der Waals surface area contributed by atoms with Crippen LogP contribution in [-0.2, 0) is 0 Å². The molecule has 16 heavy (non-hydrogen) atoms. The Hall–Kier alpha value is -1.16. The summed E-state index contributed by atoms with van der Waals surface area (Å²) in [5, 5.41) is 9.53. The van der Waals surface area contributed by atoms with Crippen LogP contribution in [0.3, 0.4) is 0 Å². The molecule has 3 N–H and O–H groups in total. The number of rotatable bonds is 3. The molecule has 1 saturated carbocycles. The lowest BCUT2D eigenvalue weighted by atomic mass is 10.2. The lowest BCUT2D eigenvalue weighted by Crippen LogP contribution is -2.02. The van der Waals surface area contributed by atoms with Crippen LogP contribution in [0.25, 0.3) is 0 Å². The average Bonchev–Trinajstić information content (AvgIpc) is 2.70. The van der Waals surface area contributed by atoms with Crippen LogP contribution in [0, 0.1) is 0 Å². The molecule has 3 nitrogen and oxygen atoms in total. The number of nitrogens with two attached hydrogens (primary N) is 1. The first-order valence-electron chi connectivity index (χ1n) is 5.46. The van der Waals surface area contributed by atoms with Gasteiger partial charge in [0.1, 0.15) is 0 Å². The summed E-state index contributed by atoms with van der Waals surface area (Å²) in [6.45, 7) is 0. The van der Waals surface area contributed by atoms with Gasteiger partial charge in [0.15, 0.2) is 0 Å². The van der Waals surface area contributed by atoms with Gasteiger partial charge in [-0.2, -0.15) is 0 Å². The Labute approximate surface area is 99.0 Å². The van der Waals surface area contributed by atoms with Crippen LogP contribution >= 0.6 is 11.8 Å². The summed E-state index contributed by atoms with van der Waals surface area (Å²) < 4.78 is 0. The molecular weight excluding hydrogens is 222 g/mol. The molecule has 0 bridgehead atoms. The van der Waals surface area contributed by atoms with E-state index in [1.54, 1.807) is 12.1 Å². The van der Waals surface area contributed by atoms with Gasteiger partial charge in [-0.1, -0.05) is 12.8 Å². The maximum atomic E-state index is 10.8. The molecule has 0 spiro atoms. The topological polar surface area (TPSA) is 63.3 Å². The molecule has 2 rings (SSSR count). The van der Waals surface area contributed by atoms with Gasteiger partial charge < -0.3 is 10.8 Å². The van der Waals surface area contributed by atoms with Crippen molar-refractivity contribution in [1.82, 2.24) is 0 Å². The third-order valence-electron chi connectivity index (χ3n) is 2.86. The van der Waals surface area contributed by atoms with E-state index in [-0.39, 0.29) is 5.56 Å². The lowest BCUT2D eigenvalue weighted by molar-refractivity contribution is 0.0698. The minimum Gasteiger partial charge on any atom is -0.478 e. The second-order valence-electron chi connectivity index (χ2n) is 4.08. The fourth-order valence-corrected chi connectivity index (χ4v) is 3.30. The van der Waals surface area contributed by atoms with Crippen molar-refractivity contribution >= 4 is 23.4 Å². The van der Waals surface area contributed by atoms with Crippen molar-refractivity contribution in [3.8, 4) is 0 Å². The Balaban J connectivity index is 2.11. The van der Waals surface area contributed by atoms with Gasteiger partial charge in [0.05, 0.1) is 5.56 Å². The number of benzene rings is 1. The van der Waals surface area contributed by atoms with E-state index in [1.165, 1.54) is 25.7 Å². The number of hydrogen-bond acceptors (Lipinski definition) is 3. The Morgan fingerprint density at radius 2 is 2.06 bits per heavy atom. The summed E-state index contributed by atoms with van der Waals surface area (Å²) in [5.74, 6) is -0.963. The molecule has 0 radical (unpaired) electrons. The highest BCUT2D eigenvalue weighted by atomic mass is 32.2. The number of carbonyl (C=O) groups is 1. The van der Waals surface area contributed by atoms with E-state index in [2.05, 4.69) is 0 Å². The van der Waals surface area contributed by atoms with Gasteiger partial charge in [-0.05, 0) is 31.0 Å². The number of nitrogen functional groups attached to an aromatic ring is 1. The van der Waals surface area contributed by atoms with Gasteiger partial charge in [0.25, 0.3) is 0 Å². The number of carboxylic acids is 1. The molecular formula is C12H15NO2S. The van der Waals surface area contributed by atoms with Gasteiger partial charge in [-0.3, -0.25) is 0 Å². The zero-order valence-electron chi connectivity index (χ0n) is 8.98. The molecule has 86 valence electrons. The lowest BCUT2D eigenvalue weighted by Gasteiger charge is -2.09. The van der Waals surface area contributed by atoms with Crippen molar-refractivity contribution in [2.45, 2.75) is 35.8 Å². The van der Waals surface area contributed by atoms with Crippen molar-refractivity contribution < 1.29 is 9.90 Å². The maximum absolute atomic E-state index is 10.8. The van der Waals surface area contributed by atoms with Crippen molar-refractivity contribution in [2.75, 3.05) is 5.73 Å². The summed E-state index contributed by atoms with van der Waals surface area (Å²) in [5.41, 5.74) is 6.25. The SMILES string of the molecule is Nc1cc(SC2CCCC2)ccc1C(=O)O. The third kappa shape index (κ3) is 2.50. The number of anilines is 1. The minimum absolute atomic E-state index is 0.191. The van der Waals surface area contributed by atoms with Crippen LogP contribution in [-0.4, -0.2) is 16.3 Å². The molecule has 0 saturated heterocycles. The van der Waals surface area contributed by atoms with Gasteiger partial charge in [-0.15, -0.1) is 11.8 Å². The molecule has 1 aromatic carbocycles. The molecule has 0 heterocycles. The molecule has 1 aliphatic carbocycles. The predicted octanol–water partition coefficient (Wildman–Crippen LogP) is 3.00. The quantitative estimate of drug-likeness (QED) is 0.793. The summed E-state index contributed by atoms with van der Waals surface area (Å²) in [4.78, 5) is 11.9. The van der Waals surface area contributed by atoms with Crippen molar-refractivity contribution in [3.63, 3.8) is 0 Å². The van der Waals surface area contributed by atoms with E-state index in [0.717, 1.165) is 4.90 Å². The molecule has 0 atom stereocenters. The summed E-state index contributed by atoms with van der Waals surface area (Å²) >= 11 is 1.81. The van der Waals surface area contributed by atoms with Crippen molar-refractivity contribution in [1.29, 1.82) is 0 Å². The Morgan fingerprint density at radius 3 is 2.62 bits per heavy atom. The van der Waals surface area contributed by atoms with E-state index < -0.39 is 5.97 Å². The molecule has 0 amide bonds. The molecule has 1 aliphatic rings. The molecule has 0 aliphatic heterocycles. The highest BCUT2D eigenvalue weighted by molar-refractivity contribution is 8.00. The zero-order chi connectivity index (χ0) is 11.5. The Morgan fingerprint density at radius 1 is 1.38 bits per heavy atom. The zero-order valence-corrected chi connectivity index (χ0v) is 9.80. The highest BCUT2D eigenvalue weighted by Crippen LogP contribution is 2.35. The molecule has 0 aromatic heterocycles.